The van der Waals surface area contributed by atoms with Crippen LogP contribution in [-0.4, -0.2) is 0 Å². The highest BCUT2D eigenvalue weighted by atomic mass is 14.1. The van der Waals surface area contributed by atoms with Crippen molar-refractivity contribution in [1.82, 2.24) is 0 Å². The average Bonchev–Trinajstić information content (AvgIpc) is 3.40. The molecule has 0 fully saturated rings. The highest BCUT2D eigenvalue weighted by Crippen LogP contribution is 2.32. The minimum Gasteiger partial charge on any atom is -0.0622 e. The lowest BCUT2D eigenvalue weighted by Crippen LogP contribution is -1.89. The Bertz CT molecular complexity index is 3070. The lowest BCUT2D eigenvalue weighted by molar-refractivity contribution is 1.54. The van der Waals surface area contributed by atoms with E-state index in [0.717, 1.165) is 22.3 Å². The predicted octanol–water partition coefficient (Wildman–Crippen LogP) is 17.7. The van der Waals surface area contributed by atoms with E-state index in [1.807, 2.05) is 0 Å². The van der Waals surface area contributed by atoms with Crippen LogP contribution < -0.4 is 0 Å². The molecule has 0 saturated heterocycles. The quantitative estimate of drug-likeness (QED) is 0.108. The van der Waals surface area contributed by atoms with E-state index in [-0.39, 0.29) is 0 Å². The van der Waals surface area contributed by atoms with Gasteiger partial charge in [-0.25, -0.2) is 0 Å². The van der Waals surface area contributed by atoms with Crippen LogP contribution in [0.3, 0.4) is 0 Å². The fourth-order valence-corrected chi connectivity index (χ4v) is 8.64. The molecule has 66 heavy (non-hydrogen) atoms. The normalized spacial score (nSPS) is 12.0. The summed E-state index contributed by atoms with van der Waals surface area (Å²) in [6, 6.07) is 91.0. The second-order valence-corrected chi connectivity index (χ2v) is 16.5. The molecule has 0 aliphatic heterocycles. The second-order valence-electron chi connectivity index (χ2n) is 16.5. The first kappa shape index (κ1) is 41.4. The van der Waals surface area contributed by atoms with Gasteiger partial charge in [0, 0.05) is 0 Å². The van der Waals surface area contributed by atoms with Gasteiger partial charge in [0.05, 0.1) is 0 Å². The molecular formula is C66H48. The minimum absolute atomic E-state index is 1.15. The summed E-state index contributed by atoms with van der Waals surface area (Å²) in [4.78, 5) is 0. The van der Waals surface area contributed by atoms with Crippen LogP contribution in [0.15, 0.2) is 255 Å². The molecule has 0 aromatic heterocycles. The molecule has 0 atom stereocenters. The fourth-order valence-electron chi connectivity index (χ4n) is 8.64. The molecule has 0 saturated carbocycles. The molecule has 0 radical (unpaired) electrons. The van der Waals surface area contributed by atoms with Crippen LogP contribution in [0.1, 0.15) is 55.6 Å². The van der Waals surface area contributed by atoms with Crippen molar-refractivity contribution >= 4 is 58.4 Å². The highest BCUT2D eigenvalue weighted by molar-refractivity contribution is 6.00. The summed E-state index contributed by atoms with van der Waals surface area (Å²) in [5, 5.41) is 2.46. The van der Waals surface area contributed by atoms with Crippen molar-refractivity contribution in [1.29, 1.82) is 0 Å². The third-order valence-corrected chi connectivity index (χ3v) is 12.2. The Kier molecular flexibility index (Phi) is 12.5. The lowest BCUT2D eigenvalue weighted by Gasteiger charge is -2.11. The minimum atomic E-state index is 1.15. The van der Waals surface area contributed by atoms with Gasteiger partial charge in [-0.3, -0.25) is 0 Å². The maximum atomic E-state index is 2.29. The molecule has 0 aliphatic carbocycles. The second kappa shape index (κ2) is 19.9. The van der Waals surface area contributed by atoms with Crippen LogP contribution in [0.4, 0.5) is 0 Å². The Balaban J connectivity index is 0.878. The standard InChI is InChI=1S/C66H48/c1-5-15-53(16-6-1)55-39-43-59(44-40-55)64(57-19-9-3-10-20-57)47-51-31-27-49(28-32-51)35-37-62-25-13-23-61-24-14-26-63(66(61)62)38-36-50-29-33-52(34-30-50)48-65(58-21-11-4-12-22-58)60-45-41-56(42-46-60)54-17-7-2-8-18-54/h1-48H. The van der Waals surface area contributed by atoms with Gasteiger partial charge in [0.25, 0.3) is 0 Å². The van der Waals surface area contributed by atoms with E-state index in [1.54, 1.807) is 0 Å². The van der Waals surface area contributed by atoms with Gasteiger partial charge < -0.3 is 0 Å². The summed E-state index contributed by atoms with van der Waals surface area (Å²) in [7, 11) is 0. The SMILES string of the molecule is C(=Cc1cccc2cccc(C=Cc3ccc(C=C(c4ccccc4)c4ccc(-c5ccccc5)cc4)cc3)c12)c1ccc(C=C(c2ccccc2)c2ccc(-c3ccccc3)cc2)cc1. The number of rotatable bonds is 12. The van der Waals surface area contributed by atoms with Gasteiger partial charge in [-0.2, -0.15) is 0 Å². The Hall–Kier alpha value is -8.58. The number of benzene rings is 10. The van der Waals surface area contributed by atoms with Crippen molar-refractivity contribution in [2.24, 2.45) is 0 Å². The average molecular weight is 841 g/mol. The molecule has 0 spiro atoms. The topological polar surface area (TPSA) is 0 Å². The monoisotopic (exact) mass is 840 g/mol. The van der Waals surface area contributed by atoms with Crippen LogP contribution in [0, 0.1) is 0 Å². The van der Waals surface area contributed by atoms with Gasteiger partial charge in [-0.05, 0) is 112 Å². The molecule has 0 bridgehead atoms. The lowest BCUT2D eigenvalue weighted by atomic mass is 9.93. The first-order valence-corrected chi connectivity index (χ1v) is 22.6. The van der Waals surface area contributed by atoms with Gasteiger partial charge in [0.2, 0.25) is 0 Å². The molecule has 10 aromatic rings. The molecule has 10 rings (SSSR count). The van der Waals surface area contributed by atoms with Gasteiger partial charge in [-0.1, -0.05) is 279 Å². The first-order valence-electron chi connectivity index (χ1n) is 22.6. The van der Waals surface area contributed by atoms with Crippen molar-refractivity contribution in [3.05, 3.63) is 310 Å². The van der Waals surface area contributed by atoms with Crippen LogP contribution in [-0.2, 0) is 0 Å². The first-order chi connectivity index (χ1) is 32.7. The zero-order chi connectivity index (χ0) is 44.3. The molecule has 0 aliphatic rings. The third-order valence-electron chi connectivity index (χ3n) is 12.2. The molecule has 0 heterocycles. The van der Waals surface area contributed by atoms with E-state index in [0.29, 0.717) is 0 Å². The van der Waals surface area contributed by atoms with Gasteiger partial charge in [0.1, 0.15) is 0 Å². The Morgan fingerprint density at radius 2 is 0.545 bits per heavy atom. The molecule has 312 valence electrons. The fraction of sp³-hybridized carbons (Fsp3) is 0. The summed E-state index contributed by atoms with van der Waals surface area (Å²) in [5.41, 5.74) is 19.0. The zero-order valence-electron chi connectivity index (χ0n) is 36.7. The van der Waals surface area contributed by atoms with Crippen molar-refractivity contribution in [3.63, 3.8) is 0 Å². The van der Waals surface area contributed by atoms with Crippen molar-refractivity contribution in [2.75, 3.05) is 0 Å². The maximum Gasteiger partial charge on any atom is -0.00389 e. The molecule has 0 amide bonds. The summed E-state index contributed by atoms with van der Waals surface area (Å²) in [5.74, 6) is 0. The van der Waals surface area contributed by atoms with E-state index in [9.17, 15) is 0 Å². The van der Waals surface area contributed by atoms with E-state index in [4.69, 9.17) is 0 Å². The van der Waals surface area contributed by atoms with Gasteiger partial charge in [0.15, 0.2) is 0 Å². The van der Waals surface area contributed by atoms with Crippen LogP contribution in [0.25, 0.3) is 80.6 Å². The van der Waals surface area contributed by atoms with E-state index in [1.165, 1.54) is 77.6 Å². The van der Waals surface area contributed by atoms with Crippen LogP contribution in [0.5, 0.6) is 0 Å². The van der Waals surface area contributed by atoms with Crippen molar-refractivity contribution in [2.45, 2.75) is 0 Å². The van der Waals surface area contributed by atoms with Crippen LogP contribution in [0.2, 0.25) is 0 Å². The molecule has 0 nitrogen and oxygen atoms in total. The smallest absolute Gasteiger partial charge is 0.00389 e. The van der Waals surface area contributed by atoms with Crippen LogP contribution >= 0.6 is 0 Å². The summed E-state index contributed by atoms with van der Waals surface area (Å²) < 4.78 is 0. The maximum absolute atomic E-state index is 2.29. The van der Waals surface area contributed by atoms with Crippen molar-refractivity contribution < 1.29 is 0 Å². The third kappa shape index (κ3) is 9.80. The molecule has 0 unspecified atom stereocenters. The Morgan fingerprint density at radius 1 is 0.227 bits per heavy atom. The zero-order valence-corrected chi connectivity index (χ0v) is 36.7. The largest absolute Gasteiger partial charge is 0.0622 e. The molecule has 0 N–H and O–H groups in total. The number of hydrogen-bond donors (Lipinski definition) is 0. The molecule has 10 aromatic carbocycles. The summed E-state index contributed by atoms with van der Waals surface area (Å²) in [6.45, 7) is 0. The molecular weight excluding hydrogens is 793 g/mol. The number of hydrogen-bond acceptors (Lipinski definition) is 0. The molecule has 0 heteroatoms. The van der Waals surface area contributed by atoms with Gasteiger partial charge >= 0.3 is 0 Å². The summed E-state index contributed by atoms with van der Waals surface area (Å²) >= 11 is 0. The summed E-state index contributed by atoms with van der Waals surface area (Å²) in [6.07, 6.45) is 13.5. The Morgan fingerprint density at radius 3 is 0.924 bits per heavy atom. The van der Waals surface area contributed by atoms with E-state index in [2.05, 4.69) is 291 Å². The van der Waals surface area contributed by atoms with Crippen molar-refractivity contribution in [3.8, 4) is 22.3 Å². The van der Waals surface area contributed by atoms with E-state index >= 15 is 0 Å². The van der Waals surface area contributed by atoms with E-state index < -0.39 is 0 Å². The number of fused-ring (bicyclic) bond motifs is 1. The Labute approximate surface area is 389 Å². The van der Waals surface area contributed by atoms with Gasteiger partial charge in [-0.15, -0.1) is 0 Å². The highest BCUT2D eigenvalue weighted by Gasteiger charge is 2.09. The predicted molar refractivity (Wildman–Crippen MR) is 285 cm³/mol.